The highest BCUT2D eigenvalue weighted by Gasteiger charge is 2.41. The lowest BCUT2D eigenvalue weighted by atomic mass is 10.0. The molecule has 1 heterocycles. The van der Waals surface area contributed by atoms with Crippen LogP contribution < -0.4 is 4.72 Å². The van der Waals surface area contributed by atoms with Crippen LogP contribution >= 0.6 is 0 Å². The molecule has 1 saturated heterocycles. The van der Waals surface area contributed by atoms with E-state index in [1.165, 1.54) is 0 Å². The number of hydrogen-bond acceptors (Lipinski definition) is 4. The van der Waals surface area contributed by atoms with E-state index in [0.29, 0.717) is 31.7 Å². The molecule has 6 rings (SSSR count). The predicted octanol–water partition coefficient (Wildman–Crippen LogP) is 4.68. The molecule has 1 N–H and O–H groups in total. The highest BCUT2D eigenvalue weighted by Crippen LogP contribution is 2.47. The molecule has 188 valence electrons. The van der Waals surface area contributed by atoms with Gasteiger partial charge in [-0.3, -0.25) is 9.69 Å². The van der Waals surface area contributed by atoms with Crippen LogP contribution in [0.4, 0.5) is 0 Å². The zero-order valence-electron chi connectivity index (χ0n) is 20.7. The number of carbonyl (C=O) groups excluding carboxylic acids is 1. The first-order chi connectivity index (χ1) is 17.9. The van der Waals surface area contributed by atoms with Crippen LogP contribution in [0.1, 0.15) is 39.1 Å². The summed E-state index contributed by atoms with van der Waals surface area (Å²) in [7, 11) is -3.73. The van der Waals surface area contributed by atoms with Gasteiger partial charge in [-0.2, -0.15) is 0 Å². The molecule has 2 atom stereocenters. The minimum Gasteiger partial charge on any atom is -0.336 e. The molecular formula is C30H29N3O3S. The summed E-state index contributed by atoms with van der Waals surface area (Å²) in [4.78, 5) is 17.6. The number of rotatable bonds is 5. The molecule has 0 bridgehead atoms. The maximum absolute atomic E-state index is 13.4. The highest BCUT2D eigenvalue weighted by atomic mass is 32.2. The Kier molecular flexibility index (Phi) is 6.07. The number of carbonyl (C=O) groups is 1. The number of hydrogen-bond donors (Lipinski definition) is 1. The second-order valence-corrected chi connectivity index (χ2v) is 11.6. The molecule has 1 aliphatic heterocycles. The van der Waals surface area contributed by atoms with E-state index in [-0.39, 0.29) is 16.8 Å². The SMILES string of the molecule is Cc1ccc(C(=O)N2CCN([C@H]3c4cccc5cccc(c45)[C@H]3NS(=O)(=O)c3ccccc3)CC2)cc1. The van der Waals surface area contributed by atoms with Crippen molar-refractivity contribution >= 4 is 26.7 Å². The summed E-state index contributed by atoms with van der Waals surface area (Å²) in [6.07, 6.45) is 0. The van der Waals surface area contributed by atoms with Gasteiger partial charge in [-0.05, 0) is 53.1 Å². The molecule has 1 aliphatic carbocycles. The number of aryl methyl sites for hydroxylation is 1. The zero-order chi connectivity index (χ0) is 25.6. The standard InChI is InChI=1S/C30H29N3O3S/c1-21-13-15-23(16-14-21)30(34)33-19-17-32(18-20-33)29-26-12-6-8-22-7-5-11-25(27(22)26)28(29)31-37(35,36)24-9-3-2-4-10-24/h2-16,28-29,31H,17-20H2,1H3/t28-,29+/m1/s1. The molecule has 7 heteroatoms. The molecule has 37 heavy (non-hydrogen) atoms. The Morgan fingerprint density at radius 2 is 1.43 bits per heavy atom. The molecule has 6 nitrogen and oxygen atoms in total. The summed E-state index contributed by atoms with van der Waals surface area (Å²) in [6, 6.07) is 28.0. The third kappa shape index (κ3) is 4.33. The quantitative estimate of drug-likeness (QED) is 0.422. The van der Waals surface area contributed by atoms with Crippen molar-refractivity contribution in [1.29, 1.82) is 0 Å². The lowest BCUT2D eigenvalue weighted by molar-refractivity contribution is 0.0539. The van der Waals surface area contributed by atoms with Gasteiger partial charge in [-0.15, -0.1) is 0 Å². The van der Waals surface area contributed by atoms with Gasteiger partial charge in [0.2, 0.25) is 10.0 Å². The average Bonchev–Trinajstić information content (AvgIpc) is 3.23. The van der Waals surface area contributed by atoms with E-state index in [4.69, 9.17) is 0 Å². The van der Waals surface area contributed by atoms with E-state index in [1.807, 2.05) is 60.4 Å². The molecule has 4 aromatic rings. The number of sulfonamides is 1. The van der Waals surface area contributed by atoms with Gasteiger partial charge in [0.1, 0.15) is 0 Å². The summed E-state index contributed by atoms with van der Waals surface area (Å²) < 4.78 is 29.9. The number of benzene rings is 4. The average molecular weight is 512 g/mol. The molecule has 2 aliphatic rings. The Morgan fingerprint density at radius 1 is 0.784 bits per heavy atom. The molecule has 0 unspecified atom stereocenters. The van der Waals surface area contributed by atoms with Crippen molar-refractivity contribution in [2.75, 3.05) is 26.2 Å². The van der Waals surface area contributed by atoms with Crippen LogP contribution in [-0.2, 0) is 10.0 Å². The molecule has 4 aromatic carbocycles. The highest BCUT2D eigenvalue weighted by molar-refractivity contribution is 7.89. The molecule has 0 spiro atoms. The van der Waals surface area contributed by atoms with Gasteiger partial charge in [-0.1, -0.05) is 72.3 Å². The van der Waals surface area contributed by atoms with Crippen molar-refractivity contribution < 1.29 is 13.2 Å². The third-order valence-electron chi connectivity index (χ3n) is 7.57. The first kappa shape index (κ1) is 23.9. The summed E-state index contributed by atoms with van der Waals surface area (Å²) in [5.41, 5.74) is 3.95. The summed E-state index contributed by atoms with van der Waals surface area (Å²) in [5.74, 6) is 0.0396. The molecule has 1 amide bonds. The second-order valence-electron chi connectivity index (χ2n) is 9.84. The monoisotopic (exact) mass is 511 g/mol. The minimum absolute atomic E-state index is 0.0396. The lowest BCUT2D eigenvalue weighted by Crippen LogP contribution is -2.51. The normalized spacial score (nSPS) is 19.9. The van der Waals surface area contributed by atoms with Gasteiger partial charge in [0.25, 0.3) is 5.91 Å². The first-order valence-corrected chi connectivity index (χ1v) is 14.1. The molecule has 0 aromatic heterocycles. The van der Waals surface area contributed by atoms with Gasteiger partial charge in [-0.25, -0.2) is 13.1 Å². The Bertz CT molecular complexity index is 1560. The smallest absolute Gasteiger partial charge is 0.253 e. The number of nitrogens with zero attached hydrogens (tertiary/aromatic N) is 2. The Hall–Kier alpha value is -3.52. The number of piperazine rings is 1. The van der Waals surface area contributed by atoms with E-state index in [2.05, 4.69) is 27.8 Å². The fraction of sp³-hybridized carbons (Fsp3) is 0.233. The van der Waals surface area contributed by atoms with Gasteiger partial charge in [0.15, 0.2) is 0 Å². The van der Waals surface area contributed by atoms with Crippen molar-refractivity contribution in [3.05, 3.63) is 113 Å². The summed E-state index contributed by atoms with van der Waals surface area (Å²) in [5, 5.41) is 2.23. The van der Waals surface area contributed by atoms with E-state index >= 15 is 0 Å². The molecule has 0 saturated carbocycles. The van der Waals surface area contributed by atoms with Crippen molar-refractivity contribution in [3.8, 4) is 0 Å². The van der Waals surface area contributed by atoms with Crippen molar-refractivity contribution in [1.82, 2.24) is 14.5 Å². The Balaban J connectivity index is 1.30. The predicted molar refractivity (Wildman–Crippen MR) is 145 cm³/mol. The Morgan fingerprint density at radius 3 is 2.11 bits per heavy atom. The van der Waals surface area contributed by atoms with Crippen molar-refractivity contribution in [2.45, 2.75) is 23.9 Å². The van der Waals surface area contributed by atoms with Crippen LogP contribution in [0.3, 0.4) is 0 Å². The summed E-state index contributed by atoms with van der Waals surface area (Å²) in [6.45, 7) is 4.52. The fourth-order valence-corrected chi connectivity index (χ4v) is 6.95. The molecule has 0 radical (unpaired) electrons. The van der Waals surface area contributed by atoms with E-state index in [9.17, 15) is 13.2 Å². The van der Waals surface area contributed by atoms with E-state index in [1.54, 1.807) is 24.3 Å². The van der Waals surface area contributed by atoms with Crippen LogP contribution in [0, 0.1) is 6.92 Å². The van der Waals surface area contributed by atoms with Gasteiger partial charge >= 0.3 is 0 Å². The second kappa shape index (κ2) is 9.41. The van der Waals surface area contributed by atoms with Gasteiger partial charge in [0.05, 0.1) is 17.0 Å². The van der Waals surface area contributed by atoms with E-state index in [0.717, 1.165) is 27.5 Å². The van der Waals surface area contributed by atoms with Crippen LogP contribution in [0.15, 0.2) is 95.9 Å². The Labute approximate surface area is 217 Å². The van der Waals surface area contributed by atoms with Gasteiger partial charge in [0, 0.05) is 31.7 Å². The van der Waals surface area contributed by atoms with E-state index < -0.39 is 16.1 Å². The molecular weight excluding hydrogens is 482 g/mol. The minimum atomic E-state index is -3.73. The largest absolute Gasteiger partial charge is 0.336 e. The lowest BCUT2D eigenvalue weighted by Gasteiger charge is -2.40. The van der Waals surface area contributed by atoms with Crippen molar-refractivity contribution in [3.63, 3.8) is 0 Å². The van der Waals surface area contributed by atoms with Gasteiger partial charge < -0.3 is 4.90 Å². The zero-order valence-corrected chi connectivity index (χ0v) is 21.5. The maximum atomic E-state index is 13.4. The van der Waals surface area contributed by atoms with Crippen LogP contribution in [0.5, 0.6) is 0 Å². The third-order valence-corrected chi connectivity index (χ3v) is 9.02. The van der Waals surface area contributed by atoms with Crippen molar-refractivity contribution in [2.24, 2.45) is 0 Å². The van der Waals surface area contributed by atoms with Crippen LogP contribution in [0.25, 0.3) is 10.8 Å². The summed E-state index contributed by atoms with van der Waals surface area (Å²) >= 11 is 0. The maximum Gasteiger partial charge on any atom is 0.253 e. The number of nitrogens with one attached hydrogen (secondary N) is 1. The van der Waals surface area contributed by atoms with Crippen LogP contribution in [-0.4, -0.2) is 50.3 Å². The first-order valence-electron chi connectivity index (χ1n) is 12.6. The fourth-order valence-electron chi connectivity index (χ4n) is 5.71. The molecule has 1 fully saturated rings. The number of amides is 1. The van der Waals surface area contributed by atoms with Crippen LogP contribution in [0.2, 0.25) is 0 Å². The topological polar surface area (TPSA) is 69.7 Å².